The summed E-state index contributed by atoms with van der Waals surface area (Å²) in [7, 11) is 0. The van der Waals surface area contributed by atoms with Gasteiger partial charge in [-0.3, -0.25) is 0 Å². The summed E-state index contributed by atoms with van der Waals surface area (Å²) < 4.78 is 0.265. The largest absolute Gasteiger partial charge is 0.390 e. The molecule has 1 saturated heterocycles. The minimum Gasteiger partial charge on any atom is -0.390 e. The van der Waals surface area contributed by atoms with Gasteiger partial charge in [-0.15, -0.1) is 23.5 Å². The van der Waals surface area contributed by atoms with Crippen molar-refractivity contribution in [3.05, 3.63) is 29.8 Å². The molecule has 0 spiro atoms. The fraction of sp³-hybridized carbons (Fsp3) is 0.417. The monoisotopic (exact) mass is 267 g/mol. The molecule has 3 atom stereocenters. The van der Waals surface area contributed by atoms with E-state index in [0.29, 0.717) is 17.7 Å². The summed E-state index contributed by atoms with van der Waals surface area (Å²) in [6.45, 7) is 0. The van der Waals surface area contributed by atoms with Gasteiger partial charge in [-0.2, -0.15) is 5.26 Å². The first-order valence-electron chi connectivity index (χ1n) is 5.33. The van der Waals surface area contributed by atoms with Crippen LogP contribution in [0.25, 0.3) is 0 Å². The Morgan fingerprint density at radius 2 is 1.94 bits per heavy atom. The standard InChI is InChI=1S/C12H13NO2S2/c13-6-8-1-3-9(4-2-8)17-12-5-10(14)11(15)7-16-12/h1-4,10-12,14-15H,5,7H2/t10-,11-,12?/m1/s1. The third-order valence-corrected chi connectivity index (χ3v) is 5.38. The molecular formula is C12H13NO2S2. The maximum Gasteiger partial charge on any atom is 0.0991 e. The Morgan fingerprint density at radius 3 is 2.53 bits per heavy atom. The van der Waals surface area contributed by atoms with Crippen LogP contribution in [0, 0.1) is 11.3 Å². The molecular weight excluding hydrogens is 254 g/mol. The molecule has 2 rings (SSSR count). The molecule has 3 nitrogen and oxygen atoms in total. The summed E-state index contributed by atoms with van der Waals surface area (Å²) in [6, 6.07) is 9.50. The van der Waals surface area contributed by atoms with Crippen LogP contribution >= 0.6 is 23.5 Å². The molecule has 1 aromatic carbocycles. The van der Waals surface area contributed by atoms with Crippen LogP contribution in [0.4, 0.5) is 0 Å². The second-order valence-corrected chi connectivity index (χ2v) is 6.70. The SMILES string of the molecule is N#Cc1ccc(SC2C[C@@H](O)[C@H](O)CS2)cc1. The summed E-state index contributed by atoms with van der Waals surface area (Å²) in [5.41, 5.74) is 0.654. The molecule has 0 aliphatic carbocycles. The fourth-order valence-corrected chi connectivity index (χ4v) is 4.28. The summed E-state index contributed by atoms with van der Waals surface area (Å²) in [4.78, 5) is 1.09. The van der Waals surface area contributed by atoms with E-state index in [9.17, 15) is 10.2 Å². The third-order valence-electron chi connectivity index (χ3n) is 2.58. The molecule has 0 amide bonds. The number of rotatable bonds is 2. The lowest BCUT2D eigenvalue weighted by molar-refractivity contribution is 0.0283. The Labute approximate surface area is 109 Å². The first-order valence-corrected chi connectivity index (χ1v) is 7.26. The van der Waals surface area contributed by atoms with Gasteiger partial charge in [-0.25, -0.2) is 0 Å². The number of aliphatic hydroxyl groups is 2. The lowest BCUT2D eigenvalue weighted by atomic mass is 10.2. The molecule has 1 aliphatic rings. The van der Waals surface area contributed by atoms with Crippen LogP contribution in [0.2, 0.25) is 0 Å². The van der Waals surface area contributed by atoms with Crippen molar-refractivity contribution in [2.45, 2.75) is 28.1 Å². The van der Waals surface area contributed by atoms with Crippen molar-refractivity contribution in [3.63, 3.8) is 0 Å². The topological polar surface area (TPSA) is 64.2 Å². The number of nitriles is 1. The number of hydrogen-bond donors (Lipinski definition) is 2. The molecule has 1 unspecified atom stereocenters. The zero-order chi connectivity index (χ0) is 12.3. The molecule has 0 aromatic heterocycles. The van der Waals surface area contributed by atoms with Gasteiger partial charge in [0, 0.05) is 10.6 Å². The van der Waals surface area contributed by atoms with Crippen molar-refractivity contribution >= 4 is 23.5 Å². The van der Waals surface area contributed by atoms with E-state index in [4.69, 9.17) is 5.26 Å². The summed E-state index contributed by atoms with van der Waals surface area (Å²) in [5.74, 6) is 0.578. The number of thioether (sulfide) groups is 2. The van der Waals surface area contributed by atoms with E-state index < -0.39 is 12.2 Å². The highest BCUT2D eigenvalue weighted by atomic mass is 32.2. The van der Waals surface area contributed by atoms with Crippen LogP contribution in [0.1, 0.15) is 12.0 Å². The van der Waals surface area contributed by atoms with Crippen LogP contribution < -0.4 is 0 Å². The van der Waals surface area contributed by atoms with Crippen molar-refractivity contribution < 1.29 is 10.2 Å². The minimum atomic E-state index is -0.618. The quantitative estimate of drug-likeness (QED) is 0.856. The summed E-state index contributed by atoms with van der Waals surface area (Å²) >= 11 is 3.34. The van der Waals surface area contributed by atoms with Crippen LogP contribution in [-0.2, 0) is 0 Å². The zero-order valence-corrected chi connectivity index (χ0v) is 10.7. The number of nitrogens with zero attached hydrogens (tertiary/aromatic N) is 1. The molecule has 0 radical (unpaired) electrons. The Bertz CT molecular complexity index is 416. The highest BCUT2D eigenvalue weighted by Crippen LogP contribution is 2.38. The van der Waals surface area contributed by atoms with Gasteiger partial charge in [0.25, 0.3) is 0 Å². The molecule has 1 fully saturated rings. The highest BCUT2D eigenvalue weighted by molar-refractivity contribution is 8.17. The van der Waals surface area contributed by atoms with Gasteiger partial charge in [0.1, 0.15) is 0 Å². The second kappa shape index (κ2) is 5.78. The predicted octanol–water partition coefficient (Wildman–Crippen LogP) is 1.84. The van der Waals surface area contributed by atoms with Crippen molar-refractivity contribution in [2.24, 2.45) is 0 Å². The first kappa shape index (κ1) is 12.8. The molecule has 1 aliphatic heterocycles. The molecule has 90 valence electrons. The maximum atomic E-state index is 9.59. The van der Waals surface area contributed by atoms with E-state index in [0.717, 1.165) is 4.90 Å². The van der Waals surface area contributed by atoms with E-state index in [2.05, 4.69) is 6.07 Å². The third kappa shape index (κ3) is 3.39. The van der Waals surface area contributed by atoms with E-state index in [1.165, 1.54) is 0 Å². The highest BCUT2D eigenvalue weighted by Gasteiger charge is 2.28. The van der Waals surface area contributed by atoms with Gasteiger partial charge < -0.3 is 10.2 Å². The zero-order valence-electron chi connectivity index (χ0n) is 9.11. The van der Waals surface area contributed by atoms with E-state index in [1.54, 1.807) is 35.7 Å². The van der Waals surface area contributed by atoms with E-state index in [-0.39, 0.29) is 4.58 Å². The van der Waals surface area contributed by atoms with Gasteiger partial charge in [0.15, 0.2) is 0 Å². The Balaban J connectivity index is 1.94. The van der Waals surface area contributed by atoms with Crippen LogP contribution in [0.15, 0.2) is 29.2 Å². The smallest absolute Gasteiger partial charge is 0.0991 e. The van der Waals surface area contributed by atoms with Gasteiger partial charge in [0.2, 0.25) is 0 Å². The lowest BCUT2D eigenvalue weighted by Gasteiger charge is -2.29. The fourth-order valence-electron chi connectivity index (χ4n) is 1.58. The normalized spacial score (nSPS) is 28.6. The Morgan fingerprint density at radius 1 is 1.24 bits per heavy atom. The van der Waals surface area contributed by atoms with Crippen molar-refractivity contribution in [1.82, 2.24) is 0 Å². The Hall–Kier alpha value is -0.670. The first-order chi connectivity index (χ1) is 8.19. The van der Waals surface area contributed by atoms with Crippen LogP contribution in [-0.4, -0.2) is 32.8 Å². The van der Waals surface area contributed by atoms with Crippen molar-refractivity contribution in [3.8, 4) is 6.07 Å². The van der Waals surface area contributed by atoms with Crippen molar-refractivity contribution in [1.29, 1.82) is 5.26 Å². The number of hydrogen-bond acceptors (Lipinski definition) is 5. The summed E-state index contributed by atoms with van der Waals surface area (Å²) in [6.07, 6.45) is -0.624. The molecule has 2 N–H and O–H groups in total. The van der Waals surface area contributed by atoms with Gasteiger partial charge in [-0.1, -0.05) is 0 Å². The van der Waals surface area contributed by atoms with Crippen LogP contribution in [0.5, 0.6) is 0 Å². The summed E-state index contributed by atoms with van der Waals surface area (Å²) in [5, 5.41) is 27.7. The van der Waals surface area contributed by atoms with Gasteiger partial charge in [-0.05, 0) is 30.7 Å². The van der Waals surface area contributed by atoms with Crippen molar-refractivity contribution in [2.75, 3.05) is 5.75 Å². The molecule has 17 heavy (non-hydrogen) atoms. The second-order valence-electron chi connectivity index (χ2n) is 3.89. The van der Waals surface area contributed by atoms with E-state index >= 15 is 0 Å². The minimum absolute atomic E-state index is 0.265. The molecule has 5 heteroatoms. The Kier molecular flexibility index (Phi) is 4.35. The van der Waals surface area contributed by atoms with E-state index in [1.807, 2.05) is 12.1 Å². The molecule has 0 bridgehead atoms. The van der Waals surface area contributed by atoms with Crippen LogP contribution in [0.3, 0.4) is 0 Å². The average molecular weight is 267 g/mol. The predicted molar refractivity (Wildman–Crippen MR) is 69.9 cm³/mol. The van der Waals surface area contributed by atoms with Gasteiger partial charge in [0.05, 0.1) is 28.4 Å². The van der Waals surface area contributed by atoms with Gasteiger partial charge >= 0.3 is 0 Å². The molecule has 0 saturated carbocycles. The number of aliphatic hydroxyl groups excluding tert-OH is 2. The molecule has 1 heterocycles. The lowest BCUT2D eigenvalue weighted by Crippen LogP contribution is -2.35. The maximum absolute atomic E-state index is 9.59. The molecule has 1 aromatic rings. The average Bonchev–Trinajstić information content (AvgIpc) is 2.35. The number of benzene rings is 1.